The number of hydrogen-bond donors (Lipinski definition) is 2. The molecular weight excluding hydrogens is 595 g/mol. The Morgan fingerprint density at radius 3 is 2.34 bits per heavy atom. The van der Waals surface area contributed by atoms with Crippen molar-refractivity contribution in [3.63, 3.8) is 0 Å². The summed E-state index contributed by atoms with van der Waals surface area (Å²) in [5.41, 5.74) is 3.04. The highest BCUT2D eigenvalue weighted by Crippen LogP contribution is 2.54. The molecule has 0 spiro atoms. The van der Waals surface area contributed by atoms with Crippen LogP contribution in [0.2, 0.25) is 0 Å². The Morgan fingerprint density at radius 2 is 1.70 bits per heavy atom. The third-order valence-corrected chi connectivity index (χ3v) is 7.79. The Kier molecular flexibility index (Phi) is 7.95. The molecule has 2 aromatic heterocycles. The van der Waals surface area contributed by atoms with Crippen molar-refractivity contribution in [3.05, 3.63) is 106 Å². The Morgan fingerprint density at radius 1 is 1.02 bits per heavy atom. The van der Waals surface area contributed by atoms with Crippen molar-refractivity contribution in [2.75, 3.05) is 0 Å². The van der Waals surface area contributed by atoms with Crippen LogP contribution in [0, 0.1) is 23.4 Å². The molecule has 0 unspecified atom stereocenters. The van der Waals surface area contributed by atoms with Gasteiger partial charge in [-0.05, 0) is 47.4 Å². The van der Waals surface area contributed by atoms with Crippen molar-refractivity contribution in [2.45, 2.75) is 44.7 Å². The molecular formula is C30H24F7N5O2. The van der Waals surface area contributed by atoms with Crippen molar-refractivity contribution in [1.82, 2.24) is 20.1 Å². The summed E-state index contributed by atoms with van der Waals surface area (Å²) < 4.78 is 101. The van der Waals surface area contributed by atoms with Crippen LogP contribution in [0.1, 0.15) is 70.8 Å². The fraction of sp³-hybridized carbons (Fsp3) is 0.267. The van der Waals surface area contributed by atoms with E-state index in [-0.39, 0.29) is 27.9 Å². The quantitative estimate of drug-likeness (QED) is 0.231. The van der Waals surface area contributed by atoms with E-state index < -0.39 is 83.0 Å². The SMILES string of the molecule is C[C@@H]1c2c(C(F)F)nn(CC(=O)N[C@@H](c3cc(F)cc(F)c3)c3ncccc3-c3ccc(F)c(C(N)=O)c3)c2C(F)(F)[C@@H]1C. The van der Waals surface area contributed by atoms with Gasteiger partial charge < -0.3 is 11.1 Å². The number of carbonyl (C=O) groups excluding carboxylic acids is 2. The van der Waals surface area contributed by atoms with Gasteiger partial charge >= 0.3 is 0 Å². The van der Waals surface area contributed by atoms with Gasteiger partial charge in [0.2, 0.25) is 5.91 Å². The molecule has 3 N–H and O–H groups in total. The summed E-state index contributed by atoms with van der Waals surface area (Å²) in [6, 6.07) is 7.31. The van der Waals surface area contributed by atoms with Gasteiger partial charge in [-0.2, -0.15) is 13.9 Å². The first kappa shape index (κ1) is 30.7. The minimum absolute atomic E-state index is 0.0283. The van der Waals surface area contributed by atoms with Crippen LogP contribution >= 0.6 is 0 Å². The maximum Gasteiger partial charge on any atom is 0.292 e. The molecule has 0 saturated heterocycles. The zero-order chi connectivity index (χ0) is 32.1. The van der Waals surface area contributed by atoms with Crippen molar-refractivity contribution in [2.24, 2.45) is 11.7 Å². The summed E-state index contributed by atoms with van der Waals surface area (Å²) in [7, 11) is 0. The molecule has 2 aromatic carbocycles. The average Bonchev–Trinajstić information content (AvgIpc) is 3.42. The van der Waals surface area contributed by atoms with E-state index >= 15 is 8.78 Å². The summed E-state index contributed by atoms with van der Waals surface area (Å²) in [5, 5.41) is 6.14. The van der Waals surface area contributed by atoms with Crippen molar-refractivity contribution in [1.29, 1.82) is 0 Å². The molecule has 44 heavy (non-hydrogen) atoms. The second kappa shape index (κ2) is 11.4. The van der Waals surface area contributed by atoms with E-state index in [9.17, 15) is 31.5 Å². The van der Waals surface area contributed by atoms with E-state index in [0.717, 1.165) is 24.3 Å². The molecule has 0 aliphatic heterocycles. The molecule has 2 heterocycles. The summed E-state index contributed by atoms with van der Waals surface area (Å²) in [4.78, 5) is 29.4. The molecule has 230 valence electrons. The number of nitrogens with one attached hydrogen (secondary N) is 1. The van der Waals surface area contributed by atoms with E-state index in [1.54, 1.807) is 0 Å². The molecule has 0 radical (unpaired) electrons. The van der Waals surface area contributed by atoms with E-state index in [2.05, 4.69) is 15.4 Å². The summed E-state index contributed by atoms with van der Waals surface area (Å²) in [6.45, 7) is 1.64. The number of benzene rings is 2. The van der Waals surface area contributed by atoms with E-state index in [1.807, 2.05) is 0 Å². The van der Waals surface area contributed by atoms with Crippen molar-refractivity contribution < 1.29 is 40.3 Å². The first-order valence-corrected chi connectivity index (χ1v) is 13.3. The summed E-state index contributed by atoms with van der Waals surface area (Å²) in [5.74, 6) is -10.9. The van der Waals surface area contributed by atoms with Crippen LogP contribution in [-0.4, -0.2) is 26.6 Å². The van der Waals surface area contributed by atoms with Gasteiger partial charge in [0.15, 0.2) is 0 Å². The third kappa shape index (κ3) is 5.40. The lowest BCUT2D eigenvalue weighted by molar-refractivity contribution is -0.122. The largest absolute Gasteiger partial charge is 0.366 e. The number of halogens is 7. The zero-order valence-corrected chi connectivity index (χ0v) is 23.1. The van der Waals surface area contributed by atoms with Gasteiger partial charge in [-0.1, -0.05) is 26.0 Å². The Labute approximate surface area is 245 Å². The Bertz CT molecular complexity index is 1750. The van der Waals surface area contributed by atoms with Crippen LogP contribution in [0.25, 0.3) is 11.1 Å². The minimum Gasteiger partial charge on any atom is -0.366 e. The van der Waals surface area contributed by atoms with Crippen LogP contribution in [0.5, 0.6) is 0 Å². The summed E-state index contributed by atoms with van der Waals surface area (Å²) >= 11 is 0. The van der Waals surface area contributed by atoms with Crippen LogP contribution in [-0.2, 0) is 17.3 Å². The predicted molar refractivity (Wildman–Crippen MR) is 143 cm³/mol. The number of hydrogen-bond acceptors (Lipinski definition) is 4. The number of nitrogens with zero attached hydrogens (tertiary/aromatic N) is 3. The van der Waals surface area contributed by atoms with Gasteiger partial charge in [-0.25, -0.2) is 22.0 Å². The molecule has 7 nitrogen and oxygen atoms in total. The lowest BCUT2D eigenvalue weighted by atomic mass is 9.94. The van der Waals surface area contributed by atoms with Gasteiger partial charge in [-0.3, -0.25) is 19.3 Å². The molecule has 2 amide bonds. The lowest BCUT2D eigenvalue weighted by Gasteiger charge is -2.23. The van der Waals surface area contributed by atoms with E-state index in [0.29, 0.717) is 10.7 Å². The topological polar surface area (TPSA) is 103 Å². The molecule has 0 fully saturated rings. The number of alkyl halides is 4. The van der Waals surface area contributed by atoms with Gasteiger partial charge in [0, 0.05) is 29.3 Å². The van der Waals surface area contributed by atoms with Gasteiger partial charge in [0.25, 0.3) is 18.3 Å². The molecule has 1 aliphatic carbocycles. The molecule has 14 heteroatoms. The second-order valence-electron chi connectivity index (χ2n) is 10.5. The molecule has 1 aliphatic rings. The maximum absolute atomic E-state index is 15.2. The van der Waals surface area contributed by atoms with E-state index in [1.165, 1.54) is 38.2 Å². The number of nitrogens with two attached hydrogens (primary N) is 1. The fourth-order valence-corrected chi connectivity index (χ4v) is 5.52. The highest BCUT2D eigenvalue weighted by molar-refractivity contribution is 5.94. The average molecular weight is 620 g/mol. The Hall–Kier alpha value is -4.75. The second-order valence-corrected chi connectivity index (χ2v) is 10.5. The maximum atomic E-state index is 15.2. The predicted octanol–water partition coefficient (Wildman–Crippen LogP) is 6.15. The normalized spacial score (nSPS) is 17.9. The van der Waals surface area contributed by atoms with E-state index in [4.69, 9.17) is 5.73 Å². The molecule has 3 atom stereocenters. The van der Waals surface area contributed by atoms with Crippen LogP contribution in [0.15, 0.2) is 54.7 Å². The number of carbonyl (C=O) groups is 2. The number of amides is 2. The highest BCUT2D eigenvalue weighted by atomic mass is 19.3. The van der Waals surface area contributed by atoms with Crippen LogP contribution in [0.3, 0.4) is 0 Å². The van der Waals surface area contributed by atoms with Crippen molar-refractivity contribution >= 4 is 11.8 Å². The first-order valence-electron chi connectivity index (χ1n) is 13.3. The number of aromatic nitrogens is 3. The number of primary amides is 1. The fourth-order valence-electron chi connectivity index (χ4n) is 5.52. The third-order valence-electron chi connectivity index (χ3n) is 7.79. The number of rotatable bonds is 8. The van der Waals surface area contributed by atoms with Gasteiger partial charge in [-0.15, -0.1) is 0 Å². The molecule has 0 saturated carbocycles. The molecule has 0 bridgehead atoms. The van der Waals surface area contributed by atoms with Gasteiger partial charge in [0.1, 0.15) is 35.4 Å². The van der Waals surface area contributed by atoms with Crippen LogP contribution in [0.4, 0.5) is 30.7 Å². The smallest absolute Gasteiger partial charge is 0.292 e. The van der Waals surface area contributed by atoms with Crippen molar-refractivity contribution in [3.8, 4) is 11.1 Å². The Balaban J connectivity index is 1.59. The first-order chi connectivity index (χ1) is 20.7. The molecule has 4 aromatic rings. The number of pyridine rings is 1. The number of fused-ring (bicyclic) bond motifs is 1. The van der Waals surface area contributed by atoms with Gasteiger partial charge in [0.05, 0.1) is 17.3 Å². The summed E-state index contributed by atoms with van der Waals surface area (Å²) in [6.07, 6.45) is -1.89. The lowest BCUT2D eigenvalue weighted by Crippen LogP contribution is -2.35. The zero-order valence-electron chi connectivity index (χ0n) is 23.1. The standard InChI is InChI=1S/C30H24F7N5O2/c1-13-14(2)30(36,37)27-23(13)26(28(34)35)41-42(27)12-22(43)40-24(16-8-17(31)11-18(32)9-16)25-19(4-3-7-39-25)15-5-6-21(33)20(10-15)29(38)44/h3-11,13-14,24,28H,12H2,1-2H3,(H2,38,44)(H,40,43)/t13-,14+,24-/m0/s1. The minimum atomic E-state index is -3.57. The van der Waals surface area contributed by atoms with Crippen LogP contribution < -0.4 is 11.1 Å². The monoisotopic (exact) mass is 619 g/mol. The highest BCUT2D eigenvalue weighted by Gasteiger charge is 2.55. The molecule has 5 rings (SSSR count).